The van der Waals surface area contributed by atoms with Gasteiger partial charge in [-0.05, 0) is 73.8 Å². The molecule has 260 valence electrons. The molecule has 2 aromatic heterocycles. The second-order valence-corrected chi connectivity index (χ2v) is 15.7. The van der Waals surface area contributed by atoms with Crippen LogP contribution in [-0.4, -0.2) is 15.0 Å². The van der Waals surface area contributed by atoms with Crippen molar-refractivity contribution in [2.75, 3.05) is 0 Å². The Morgan fingerprint density at radius 2 is 0.804 bits per heavy atom. The van der Waals surface area contributed by atoms with Crippen LogP contribution in [0.2, 0.25) is 0 Å². The monoisotopic (exact) mass is 729 g/mol. The second kappa shape index (κ2) is 12.0. The molecule has 0 atom stereocenters. The molecule has 0 saturated carbocycles. The van der Waals surface area contributed by atoms with Crippen LogP contribution in [0.1, 0.15) is 22.3 Å². The highest BCUT2D eigenvalue weighted by atomic mass is 32.1. The van der Waals surface area contributed by atoms with Crippen molar-refractivity contribution in [1.82, 2.24) is 15.0 Å². The molecular weight excluding hydrogens is 699 g/mol. The number of hydrogen-bond acceptors (Lipinski definition) is 4. The van der Waals surface area contributed by atoms with Crippen molar-refractivity contribution in [3.8, 4) is 67.5 Å². The minimum atomic E-state index is -0.402. The fourth-order valence-corrected chi connectivity index (χ4v) is 10.7. The zero-order chi connectivity index (χ0) is 36.8. The van der Waals surface area contributed by atoms with Crippen molar-refractivity contribution in [3.05, 3.63) is 210 Å². The highest BCUT2D eigenvalue weighted by Crippen LogP contribution is 2.63. The van der Waals surface area contributed by atoms with Crippen LogP contribution in [0.4, 0.5) is 0 Å². The lowest BCUT2D eigenvalue weighted by atomic mass is 9.70. The highest BCUT2D eigenvalue weighted by molar-refractivity contribution is 7.26. The van der Waals surface area contributed by atoms with E-state index in [1.54, 1.807) is 0 Å². The Morgan fingerprint density at radius 3 is 1.41 bits per heavy atom. The van der Waals surface area contributed by atoms with Crippen LogP contribution >= 0.6 is 11.3 Å². The van der Waals surface area contributed by atoms with Gasteiger partial charge in [0, 0.05) is 36.9 Å². The Hall–Kier alpha value is -7.01. The number of nitrogens with zero attached hydrogens (tertiary/aromatic N) is 3. The Labute approximate surface area is 328 Å². The van der Waals surface area contributed by atoms with Crippen molar-refractivity contribution in [2.45, 2.75) is 5.41 Å². The topological polar surface area (TPSA) is 38.7 Å². The molecule has 12 rings (SSSR count). The van der Waals surface area contributed by atoms with Gasteiger partial charge in [0.05, 0.1) is 5.41 Å². The van der Waals surface area contributed by atoms with Gasteiger partial charge in [0.25, 0.3) is 0 Å². The van der Waals surface area contributed by atoms with Crippen molar-refractivity contribution in [2.24, 2.45) is 0 Å². The summed E-state index contributed by atoms with van der Waals surface area (Å²) >= 11 is 1.84. The zero-order valence-corrected chi connectivity index (χ0v) is 31.0. The minimum absolute atomic E-state index is 0.402. The molecule has 56 heavy (non-hydrogen) atoms. The van der Waals surface area contributed by atoms with Gasteiger partial charge in [-0.25, -0.2) is 15.0 Å². The van der Waals surface area contributed by atoms with Crippen LogP contribution < -0.4 is 0 Å². The number of fused-ring (bicyclic) bond motifs is 13. The van der Waals surface area contributed by atoms with E-state index in [2.05, 4.69) is 152 Å². The third-order valence-corrected chi connectivity index (χ3v) is 13.0. The summed E-state index contributed by atoms with van der Waals surface area (Å²) in [4.78, 5) is 15.4. The summed E-state index contributed by atoms with van der Waals surface area (Å²) in [5, 5.41) is 2.37. The van der Waals surface area contributed by atoms with E-state index in [1.807, 2.05) is 47.7 Å². The predicted octanol–water partition coefficient (Wildman–Crippen LogP) is 13.3. The molecule has 0 N–H and O–H groups in total. The number of rotatable bonds is 4. The first-order chi connectivity index (χ1) is 27.8. The first-order valence-corrected chi connectivity index (χ1v) is 19.8. The van der Waals surface area contributed by atoms with E-state index in [9.17, 15) is 0 Å². The normalized spacial score (nSPS) is 13.1. The number of aromatic nitrogens is 3. The molecule has 0 unspecified atom stereocenters. The summed E-state index contributed by atoms with van der Waals surface area (Å²) in [6.07, 6.45) is 0. The fraction of sp³-hybridized carbons (Fsp3) is 0.0192. The first-order valence-electron chi connectivity index (χ1n) is 19.0. The average molecular weight is 730 g/mol. The molecule has 10 aromatic rings. The minimum Gasteiger partial charge on any atom is -0.208 e. The Kier molecular flexibility index (Phi) is 6.72. The molecule has 2 aliphatic rings. The lowest BCUT2D eigenvalue weighted by Gasteiger charge is -2.30. The first kappa shape index (κ1) is 31.4. The summed E-state index contributed by atoms with van der Waals surface area (Å²) in [7, 11) is 0. The molecule has 3 nitrogen and oxygen atoms in total. The Balaban J connectivity index is 1.11. The van der Waals surface area contributed by atoms with Gasteiger partial charge in [0.1, 0.15) is 0 Å². The molecule has 2 heterocycles. The molecule has 0 saturated heterocycles. The number of benzene rings is 8. The van der Waals surface area contributed by atoms with E-state index in [1.165, 1.54) is 75.8 Å². The standard InChI is InChI=1S/C52H31N3S/c1-3-15-32(16-4-1)49-53-50(33-17-5-2-6-18-33)55-51(54-49)41-30-29-35(48-47(41)40-22-10-14-26-46(40)56-48)34-27-28-39-38-21-9-13-25-44(38)52(45(39)31-34)42-23-11-7-19-36(42)37-20-8-12-24-43(37)52/h1-31H. The summed E-state index contributed by atoms with van der Waals surface area (Å²) in [5.41, 5.74) is 15.6. The largest absolute Gasteiger partial charge is 0.208 e. The third kappa shape index (κ3) is 4.36. The zero-order valence-electron chi connectivity index (χ0n) is 30.1. The third-order valence-electron chi connectivity index (χ3n) is 11.8. The van der Waals surface area contributed by atoms with Gasteiger partial charge in [-0.1, -0.05) is 170 Å². The maximum atomic E-state index is 5.18. The van der Waals surface area contributed by atoms with Crippen LogP contribution in [0, 0.1) is 0 Å². The van der Waals surface area contributed by atoms with Gasteiger partial charge in [-0.15, -0.1) is 11.3 Å². The average Bonchev–Trinajstić information content (AvgIpc) is 3.91. The molecule has 0 amide bonds. The summed E-state index contributed by atoms with van der Waals surface area (Å²) < 4.78 is 2.46. The maximum Gasteiger partial charge on any atom is 0.164 e. The van der Waals surface area contributed by atoms with Gasteiger partial charge in [-0.2, -0.15) is 0 Å². The molecule has 2 aliphatic carbocycles. The lowest BCUT2D eigenvalue weighted by Crippen LogP contribution is -2.25. The van der Waals surface area contributed by atoms with Crippen LogP contribution in [0.3, 0.4) is 0 Å². The van der Waals surface area contributed by atoms with E-state index < -0.39 is 5.41 Å². The molecule has 0 radical (unpaired) electrons. The summed E-state index contributed by atoms with van der Waals surface area (Å²) in [6.45, 7) is 0. The van der Waals surface area contributed by atoms with E-state index in [-0.39, 0.29) is 0 Å². The fourth-order valence-electron chi connectivity index (χ4n) is 9.43. The van der Waals surface area contributed by atoms with Gasteiger partial charge >= 0.3 is 0 Å². The van der Waals surface area contributed by atoms with E-state index in [0.29, 0.717) is 17.5 Å². The van der Waals surface area contributed by atoms with Crippen LogP contribution in [-0.2, 0) is 5.41 Å². The van der Waals surface area contributed by atoms with Gasteiger partial charge in [0.2, 0.25) is 0 Å². The Bertz CT molecular complexity index is 3080. The molecule has 8 aromatic carbocycles. The van der Waals surface area contributed by atoms with Crippen LogP contribution in [0.5, 0.6) is 0 Å². The van der Waals surface area contributed by atoms with Gasteiger partial charge in [-0.3, -0.25) is 0 Å². The van der Waals surface area contributed by atoms with Gasteiger partial charge < -0.3 is 0 Å². The molecule has 4 heteroatoms. The number of thiophene rings is 1. The maximum absolute atomic E-state index is 5.18. The molecule has 1 spiro atoms. The SMILES string of the molecule is c1ccc(-c2nc(-c3ccccc3)nc(-c3ccc(-c4ccc5c(c4)C4(c6ccccc6-c6ccccc64)c4ccccc4-5)c4sc5ccccc5c34)n2)cc1. The van der Waals surface area contributed by atoms with E-state index in [0.717, 1.165) is 16.7 Å². The second-order valence-electron chi connectivity index (χ2n) is 14.6. The summed E-state index contributed by atoms with van der Waals surface area (Å²) in [6, 6.07) is 67.8. The highest BCUT2D eigenvalue weighted by Gasteiger charge is 2.51. The van der Waals surface area contributed by atoms with Crippen molar-refractivity contribution in [1.29, 1.82) is 0 Å². The van der Waals surface area contributed by atoms with Crippen molar-refractivity contribution < 1.29 is 0 Å². The molecule has 0 aliphatic heterocycles. The van der Waals surface area contributed by atoms with Gasteiger partial charge in [0.15, 0.2) is 17.5 Å². The molecular formula is C52H31N3S. The smallest absolute Gasteiger partial charge is 0.164 e. The van der Waals surface area contributed by atoms with Crippen molar-refractivity contribution >= 4 is 31.5 Å². The quantitative estimate of drug-likeness (QED) is 0.181. The van der Waals surface area contributed by atoms with Crippen LogP contribution in [0.25, 0.3) is 87.7 Å². The van der Waals surface area contributed by atoms with Crippen molar-refractivity contribution in [3.63, 3.8) is 0 Å². The molecule has 0 fully saturated rings. The lowest BCUT2D eigenvalue weighted by molar-refractivity contribution is 0.794. The predicted molar refractivity (Wildman–Crippen MR) is 231 cm³/mol. The molecule has 0 bridgehead atoms. The summed E-state index contributed by atoms with van der Waals surface area (Å²) in [5.74, 6) is 1.99. The van der Waals surface area contributed by atoms with E-state index >= 15 is 0 Å². The van der Waals surface area contributed by atoms with Crippen LogP contribution in [0.15, 0.2) is 188 Å². The van der Waals surface area contributed by atoms with E-state index in [4.69, 9.17) is 15.0 Å². The number of hydrogen-bond donors (Lipinski definition) is 0. The Morgan fingerprint density at radius 1 is 0.339 bits per heavy atom.